The third kappa shape index (κ3) is 10.7. The van der Waals surface area contributed by atoms with E-state index in [0.29, 0.717) is 30.5 Å². The lowest BCUT2D eigenvalue weighted by atomic mass is 9.72. The van der Waals surface area contributed by atoms with Crippen LogP contribution in [0.2, 0.25) is 0 Å². The number of aliphatic hydroxyl groups is 1. The third-order valence-electron chi connectivity index (χ3n) is 10.1. The number of benzene rings is 1. The van der Waals surface area contributed by atoms with Crippen LogP contribution in [-0.2, 0) is 30.6 Å². The molecule has 0 spiro atoms. The normalized spacial score (nSPS) is 22.2. The van der Waals surface area contributed by atoms with E-state index in [4.69, 9.17) is 0 Å². The summed E-state index contributed by atoms with van der Waals surface area (Å²) in [6, 6.07) is 11.8. The molecule has 2 heterocycles. The lowest BCUT2D eigenvalue weighted by molar-refractivity contribution is -0.133. The number of β-amino-alcohol motifs (C(OH)–C–C–N with tert-alkyl or cyclic N) is 1. The minimum absolute atomic E-state index is 0.0752. The molecule has 1 saturated heterocycles. The predicted octanol–water partition coefficient (Wildman–Crippen LogP) is 3.29. The minimum atomic E-state index is -3.87. The van der Waals surface area contributed by atoms with Crippen molar-refractivity contribution >= 4 is 33.6 Å². The maximum Gasteiger partial charge on any atom is 0.244 e. The number of fused-ring (bicyclic) bond motifs is 1. The van der Waals surface area contributed by atoms with E-state index in [1.807, 2.05) is 51.1 Å². The fourth-order valence-electron chi connectivity index (χ4n) is 7.01. The molecule has 1 aromatic carbocycles. The Morgan fingerprint density at radius 3 is 2.26 bits per heavy atom. The van der Waals surface area contributed by atoms with E-state index in [1.54, 1.807) is 24.4 Å². The molecule has 1 aliphatic carbocycles. The molecule has 1 saturated carbocycles. The summed E-state index contributed by atoms with van der Waals surface area (Å²) in [5.41, 5.74) is 0.947. The van der Waals surface area contributed by atoms with Crippen molar-refractivity contribution in [1.82, 2.24) is 25.8 Å². The summed E-state index contributed by atoms with van der Waals surface area (Å²) in [7, 11) is -3.87. The van der Waals surface area contributed by atoms with Crippen LogP contribution in [0.5, 0.6) is 0 Å². The number of likely N-dealkylation sites (tertiary alicyclic amines) is 1. The second-order valence-electron chi connectivity index (χ2n) is 15.5. The van der Waals surface area contributed by atoms with Crippen molar-refractivity contribution in [2.75, 3.05) is 19.3 Å². The van der Waals surface area contributed by atoms with Gasteiger partial charge in [0.1, 0.15) is 6.04 Å². The van der Waals surface area contributed by atoms with Crippen LogP contribution in [-0.4, -0.2) is 95.0 Å². The Labute approximate surface area is 297 Å². The molecule has 2 fully saturated rings. The number of carbonyl (C=O) groups is 3. The lowest BCUT2D eigenvalue weighted by Crippen LogP contribution is -2.64. The lowest BCUT2D eigenvalue weighted by Gasteiger charge is -2.47. The van der Waals surface area contributed by atoms with E-state index in [1.165, 1.54) is 26.0 Å². The van der Waals surface area contributed by atoms with Crippen LogP contribution in [0, 0.1) is 11.8 Å². The van der Waals surface area contributed by atoms with E-state index >= 15 is 0 Å². The van der Waals surface area contributed by atoms with Gasteiger partial charge >= 0.3 is 0 Å². The Morgan fingerprint density at radius 2 is 1.64 bits per heavy atom. The number of amides is 3. The predicted molar refractivity (Wildman–Crippen MR) is 196 cm³/mol. The number of hydrogen-bond donors (Lipinski definition) is 4. The Kier molecular flexibility index (Phi) is 13.0. The Bertz CT molecular complexity index is 1590. The molecule has 1 aliphatic heterocycles. The van der Waals surface area contributed by atoms with Gasteiger partial charge in [0.2, 0.25) is 17.7 Å². The van der Waals surface area contributed by atoms with Crippen molar-refractivity contribution in [1.29, 1.82) is 0 Å². The highest BCUT2D eigenvalue weighted by molar-refractivity contribution is 7.92. The van der Waals surface area contributed by atoms with E-state index in [9.17, 15) is 27.9 Å². The first kappa shape index (κ1) is 39.2. The van der Waals surface area contributed by atoms with Gasteiger partial charge in [0.15, 0.2) is 9.84 Å². The Hall–Kier alpha value is -3.61. The molecule has 4 rings (SSSR count). The summed E-state index contributed by atoms with van der Waals surface area (Å²) >= 11 is 0. The van der Waals surface area contributed by atoms with Crippen molar-refractivity contribution in [2.24, 2.45) is 11.8 Å². The van der Waals surface area contributed by atoms with Crippen LogP contribution < -0.4 is 16.0 Å². The number of piperidine rings is 1. The van der Waals surface area contributed by atoms with Crippen LogP contribution in [0.25, 0.3) is 6.08 Å². The number of nitrogens with one attached hydrogen (secondary N) is 3. The second-order valence-corrected chi connectivity index (χ2v) is 18.1. The number of aromatic nitrogens is 1. The zero-order valence-corrected chi connectivity index (χ0v) is 31.1. The molecule has 0 radical (unpaired) electrons. The van der Waals surface area contributed by atoms with Crippen molar-refractivity contribution in [3.8, 4) is 0 Å². The smallest absolute Gasteiger partial charge is 0.244 e. The molecule has 4 N–H and O–H groups in total. The van der Waals surface area contributed by atoms with Gasteiger partial charge in [-0.1, -0.05) is 55.7 Å². The minimum Gasteiger partial charge on any atom is -0.390 e. The molecule has 12 heteroatoms. The van der Waals surface area contributed by atoms with Crippen molar-refractivity contribution in [2.45, 2.75) is 108 Å². The second kappa shape index (κ2) is 16.6. The van der Waals surface area contributed by atoms with Gasteiger partial charge in [0.05, 0.1) is 28.6 Å². The van der Waals surface area contributed by atoms with E-state index in [-0.39, 0.29) is 18.9 Å². The van der Waals surface area contributed by atoms with Gasteiger partial charge < -0.3 is 21.1 Å². The van der Waals surface area contributed by atoms with Crippen LogP contribution in [0.1, 0.15) is 78.0 Å². The molecular formula is C38H55N5O6S. The van der Waals surface area contributed by atoms with Gasteiger partial charge in [0.25, 0.3) is 0 Å². The highest BCUT2D eigenvalue weighted by Gasteiger charge is 2.46. The first-order valence-electron chi connectivity index (χ1n) is 17.6. The number of rotatable bonds is 13. The number of carbonyl (C=O) groups excluding carboxylic acids is 3. The Balaban J connectivity index is 1.61. The summed E-state index contributed by atoms with van der Waals surface area (Å²) in [5.74, 6) is -0.620. The zero-order chi connectivity index (χ0) is 36.7. The van der Waals surface area contributed by atoms with Crippen molar-refractivity contribution < 1.29 is 27.9 Å². The molecular weight excluding hydrogens is 655 g/mol. The van der Waals surface area contributed by atoms with Crippen LogP contribution >= 0.6 is 0 Å². The molecule has 50 heavy (non-hydrogen) atoms. The number of hydrogen-bond acceptors (Lipinski definition) is 8. The number of nitrogens with zero attached hydrogens (tertiary/aromatic N) is 2. The number of sulfone groups is 1. The average Bonchev–Trinajstić information content (AvgIpc) is 3.05. The molecule has 0 bridgehead atoms. The van der Waals surface area contributed by atoms with E-state index in [0.717, 1.165) is 37.5 Å². The first-order valence-corrected chi connectivity index (χ1v) is 19.5. The number of pyridine rings is 1. The van der Waals surface area contributed by atoms with E-state index < -0.39 is 56.2 Å². The third-order valence-corrected chi connectivity index (χ3v) is 12.3. The summed E-state index contributed by atoms with van der Waals surface area (Å²) in [4.78, 5) is 47.1. The monoisotopic (exact) mass is 709 g/mol. The standard InChI is InChI=1S/C38H55N5O6S/c1-37(2,3)42-35(46)31-23-27-16-10-11-17-28(27)24-43(31)25-32(44)30(22-26-14-8-7-9-15-26)40-36(47)34(38(4,5)50(6,48)49)41-33(45)20-19-29-18-12-13-21-39-29/h7-9,12-15,18-21,27-28,30-32,34,44H,10-11,16-17,22-25H2,1-6H3,(H,40,47)(H,41,45)(H,42,46)/b20-19+/t27-,28+,30-,31-,32+,34+/m0/s1. The summed E-state index contributed by atoms with van der Waals surface area (Å²) in [6.07, 6.45) is 9.57. The highest BCUT2D eigenvalue weighted by atomic mass is 32.2. The zero-order valence-electron chi connectivity index (χ0n) is 30.3. The largest absolute Gasteiger partial charge is 0.390 e. The molecule has 274 valence electrons. The average molecular weight is 710 g/mol. The van der Waals surface area contributed by atoms with Gasteiger partial charge in [-0.2, -0.15) is 0 Å². The van der Waals surface area contributed by atoms with Gasteiger partial charge in [0, 0.05) is 37.2 Å². The first-order chi connectivity index (χ1) is 23.4. The van der Waals surface area contributed by atoms with E-state index in [2.05, 4.69) is 25.8 Å². The van der Waals surface area contributed by atoms with Crippen molar-refractivity contribution in [3.05, 3.63) is 72.1 Å². The number of aliphatic hydroxyl groups excluding tert-OH is 1. The fourth-order valence-corrected chi connectivity index (χ4v) is 7.60. The molecule has 3 amide bonds. The SMILES string of the molecule is CC(C)(C)NC(=O)[C@@H]1C[C@@H]2CCCC[C@@H]2CN1C[C@@H](O)[C@H](Cc1ccccc1)NC(=O)[C@@H](NC(=O)/C=C/c1ccccn1)C(C)(C)S(C)(=O)=O. The highest BCUT2D eigenvalue weighted by Crippen LogP contribution is 2.39. The van der Waals surface area contributed by atoms with Crippen LogP contribution in [0.4, 0.5) is 0 Å². The van der Waals surface area contributed by atoms with Gasteiger partial charge in [-0.15, -0.1) is 0 Å². The van der Waals surface area contributed by atoms with Gasteiger partial charge in [-0.05, 0) is 89.5 Å². The maximum absolute atomic E-state index is 14.1. The molecule has 6 atom stereocenters. The quantitative estimate of drug-likeness (QED) is 0.231. The Morgan fingerprint density at radius 1 is 0.980 bits per heavy atom. The maximum atomic E-state index is 14.1. The topological polar surface area (TPSA) is 158 Å². The van der Waals surface area contributed by atoms with Crippen LogP contribution in [0.3, 0.4) is 0 Å². The molecule has 2 aromatic rings. The fraction of sp³-hybridized carbons (Fsp3) is 0.579. The summed E-state index contributed by atoms with van der Waals surface area (Å²) in [5, 5.41) is 20.6. The molecule has 1 aromatic heterocycles. The molecule has 0 unspecified atom stereocenters. The summed E-state index contributed by atoms with van der Waals surface area (Å²) in [6.45, 7) is 9.42. The molecule has 11 nitrogen and oxygen atoms in total. The van der Waals surface area contributed by atoms with Gasteiger partial charge in [-0.25, -0.2) is 8.42 Å². The van der Waals surface area contributed by atoms with Gasteiger partial charge in [-0.3, -0.25) is 24.3 Å². The summed E-state index contributed by atoms with van der Waals surface area (Å²) < 4.78 is 24.3. The van der Waals surface area contributed by atoms with Crippen molar-refractivity contribution in [3.63, 3.8) is 0 Å². The molecule has 2 aliphatic rings. The van der Waals surface area contributed by atoms with Crippen LogP contribution in [0.15, 0.2) is 60.8 Å².